The Kier molecular flexibility index (Phi) is 2.60. The molecular formula is C6H6ClF2N3O. The van der Waals surface area contributed by atoms with Crippen LogP contribution in [0, 0.1) is 0 Å². The van der Waals surface area contributed by atoms with Crippen LogP contribution in [0.5, 0.6) is 0 Å². The number of carbonyl (C=O) groups is 1. The first-order chi connectivity index (χ1) is 5.96. The number of ketones is 1. The second-order valence-electron chi connectivity index (χ2n) is 2.26. The van der Waals surface area contributed by atoms with Gasteiger partial charge in [-0.15, -0.1) is 5.10 Å². The summed E-state index contributed by atoms with van der Waals surface area (Å²) in [6.45, 7) is 1.94. The molecule has 0 saturated carbocycles. The van der Waals surface area contributed by atoms with Crippen molar-refractivity contribution < 1.29 is 13.6 Å². The maximum Gasteiger partial charge on any atom is 0.386 e. The average molecular weight is 210 g/mol. The Bertz CT molecular complexity index is 320. The Balaban J connectivity index is 3.02. The second-order valence-corrected chi connectivity index (χ2v) is 2.74. The Morgan fingerprint density at radius 3 is 2.85 bits per heavy atom. The molecule has 72 valence electrons. The van der Waals surface area contributed by atoms with Crippen LogP contribution in [0.1, 0.15) is 17.4 Å². The van der Waals surface area contributed by atoms with Crippen molar-refractivity contribution in [3.05, 3.63) is 11.9 Å². The van der Waals surface area contributed by atoms with Crippen LogP contribution in [0.3, 0.4) is 0 Å². The molecule has 0 bridgehead atoms. The second kappa shape index (κ2) is 3.37. The van der Waals surface area contributed by atoms with Crippen LogP contribution in [0.2, 0.25) is 0 Å². The fourth-order valence-electron chi connectivity index (χ4n) is 0.812. The van der Waals surface area contributed by atoms with E-state index >= 15 is 0 Å². The van der Waals surface area contributed by atoms with Crippen LogP contribution in [0.4, 0.5) is 8.78 Å². The standard InChI is InChI=1S/C6H6ClF2N3O/c1-2-12-4(3-10-11-12)5(13)6(7,8)9/h3H,2H2,1H3. The molecule has 0 saturated heterocycles. The van der Waals surface area contributed by atoms with Crippen molar-refractivity contribution in [1.82, 2.24) is 15.0 Å². The number of nitrogens with zero attached hydrogens (tertiary/aromatic N) is 3. The van der Waals surface area contributed by atoms with E-state index in [2.05, 4.69) is 21.9 Å². The average Bonchev–Trinajstić information content (AvgIpc) is 2.48. The van der Waals surface area contributed by atoms with Gasteiger partial charge in [0.25, 0.3) is 5.78 Å². The zero-order valence-electron chi connectivity index (χ0n) is 6.67. The third kappa shape index (κ3) is 2.00. The maximum absolute atomic E-state index is 12.3. The van der Waals surface area contributed by atoms with Gasteiger partial charge in [-0.05, 0) is 18.5 Å². The minimum absolute atomic E-state index is 0.286. The normalized spacial score (nSPS) is 11.7. The number of alkyl halides is 3. The lowest BCUT2D eigenvalue weighted by Gasteiger charge is -2.06. The molecule has 1 aromatic rings. The smallest absolute Gasteiger partial charge is 0.284 e. The summed E-state index contributed by atoms with van der Waals surface area (Å²) in [5.74, 6) is -1.49. The first-order valence-electron chi connectivity index (χ1n) is 3.46. The topological polar surface area (TPSA) is 47.8 Å². The number of hydrogen-bond donors (Lipinski definition) is 0. The first kappa shape index (κ1) is 10.0. The fourth-order valence-corrected chi connectivity index (χ4v) is 0.909. The molecule has 0 N–H and O–H groups in total. The molecule has 1 heterocycles. The largest absolute Gasteiger partial charge is 0.386 e. The molecule has 0 fully saturated rings. The molecule has 13 heavy (non-hydrogen) atoms. The zero-order valence-corrected chi connectivity index (χ0v) is 7.42. The number of aromatic nitrogens is 3. The summed E-state index contributed by atoms with van der Waals surface area (Å²) in [6.07, 6.45) is 0.960. The van der Waals surface area contributed by atoms with E-state index in [-0.39, 0.29) is 12.2 Å². The third-order valence-electron chi connectivity index (χ3n) is 1.41. The van der Waals surface area contributed by atoms with Gasteiger partial charge in [0.2, 0.25) is 0 Å². The van der Waals surface area contributed by atoms with Crippen LogP contribution in [-0.2, 0) is 6.54 Å². The molecule has 0 unspecified atom stereocenters. The highest BCUT2D eigenvalue weighted by atomic mass is 35.5. The molecule has 0 radical (unpaired) electrons. The van der Waals surface area contributed by atoms with E-state index in [1.807, 2.05) is 0 Å². The summed E-state index contributed by atoms with van der Waals surface area (Å²) in [6, 6.07) is 0. The van der Waals surface area contributed by atoms with Gasteiger partial charge in [0.1, 0.15) is 5.69 Å². The number of hydrogen-bond acceptors (Lipinski definition) is 3. The van der Waals surface area contributed by atoms with Crippen molar-refractivity contribution >= 4 is 17.4 Å². The van der Waals surface area contributed by atoms with Gasteiger partial charge in [-0.25, -0.2) is 4.68 Å². The summed E-state index contributed by atoms with van der Waals surface area (Å²) in [5, 5.41) is 2.86. The number of carbonyl (C=O) groups excluding carboxylic acids is 1. The van der Waals surface area contributed by atoms with E-state index in [0.29, 0.717) is 0 Å². The monoisotopic (exact) mass is 209 g/mol. The van der Waals surface area contributed by atoms with E-state index in [9.17, 15) is 13.6 Å². The molecule has 4 nitrogen and oxygen atoms in total. The predicted molar refractivity (Wildman–Crippen MR) is 40.8 cm³/mol. The van der Waals surface area contributed by atoms with E-state index < -0.39 is 11.2 Å². The van der Waals surface area contributed by atoms with Gasteiger partial charge < -0.3 is 0 Å². The quantitative estimate of drug-likeness (QED) is 0.557. The van der Waals surface area contributed by atoms with Crippen LogP contribution < -0.4 is 0 Å². The van der Waals surface area contributed by atoms with Crippen molar-refractivity contribution in [3.8, 4) is 0 Å². The van der Waals surface area contributed by atoms with E-state index in [4.69, 9.17) is 0 Å². The van der Waals surface area contributed by atoms with Crippen LogP contribution in [0.15, 0.2) is 6.20 Å². The lowest BCUT2D eigenvalue weighted by Crippen LogP contribution is -2.24. The molecule has 0 spiro atoms. The summed E-state index contributed by atoms with van der Waals surface area (Å²) in [5.41, 5.74) is -0.289. The molecule has 0 aliphatic rings. The number of rotatable bonds is 3. The Morgan fingerprint density at radius 2 is 2.38 bits per heavy atom. The highest BCUT2D eigenvalue weighted by Crippen LogP contribution is 2.23. The Morgan fingerprint density at radius 1 is 1.77 bits per heavy atom. The van der Waals surface area contributed by atoms with Crippen molar-refractivity contribution in [3.63, 3.8) is 0 Å². The summed E-state index contributed by atoms with van der Waals surface area (Å²) in [7, 11) is 0. The van der Waals surface area contributed by atoms with Crippen LogP contribution in [0.25, 0.3) is 0 Å². The van der Waals surface area contributed by atoms with Gasteiger partial charge in [0.15, 0.2) is 0 Å². The first-order valence-corrected chi connectivity index (χ1v) is 3.84. The van der Waals surface area contributed by atoms with Gasteiger partial charge in [-0.2, -0.15) is 8.78 Å². The predicted octanol–water partition coefficient (Wildman–Crippen LogP) is 1.31. The van der Waals surface area contributed by atoms with Crippen LogP contribution >= 0.6 is 11.6 Å². The Hall–Kier alpha value is -1.04. The van der Waals surface area contributed by atoms with Gasteiger partial charge in [0.05, 0.1) is 6.20 Å². The number of aryl methyl sites for hydroxylation is 1. The van der Waals surface area contributed by atoms with E-state index in [1.165, 1.54) is 0 Å². The summed E-state index contributed by atoms with van der Waals surface area (Å²) < 4.78 is 25.7. The maximum atomic E-state index is 12.3. The van der Waals surface area contributed by atoms with Crippen molar-refractivity contribution in [2.45, 2.75) is 18.9 Å². The molecule has 1 rings (SSSR count). The van der Waals surface area contributed by atoms with Crippen LogP contribution in [-0.4, -0.2) is 26.2 Å². The van der Waals surface area contributed by atoms with Crippen molar-refractivity contribution in [2.75, 3.05) is 0 Å². The highest BCUT2D eigenvalue weighted by molar-refractivity contribution is 6.35. The SMILES string of the molecule is CCn1nncc1C(=O)C(F)(F)Cl. The fraction of sp³-hybridized carbons (Fsp3) is 0.500. The van der Waals surface area contributed by atoms with Crippen molar-refractivity contribution in [2.24, 2.45) is 0 Å². The van der Waals surface area contributed by atoms with Gasteiger partial charge in [0, 0.05) is 6.54 Å². The van der Waals surface area contributed by atoms with Crippen molar-refractivity contribution in [1.29, 1.82) is 0 Å². The van der Waals surface area contributed by atoms with Gasteiger partial charge in [-0.3, -0.25) is 4.79 Å². The highest BCUT2D eigenvalue weighted by Gasteiger charge is 2.38. The zero-order chi connectivity index (χ0) is 10.1. The number of halogens is 3. The summed E-state index contributed by atoms with van der Waals surface area (Å²) in [4.78, 5) is 10.9. The molecule has 0 aliphatic carbocycles. The molecule has 0 aliphatic heterocycles. The third-order valence-corrected chi connectivity index (χ3v) is 1.58. The molecular weight excluding hydrogens is 204 g/mol. The molecule has 7 heteroatoms. The van der Waals surface area contributed by atoms with Gasteiger partial charge >= 0.3 is 5.38 Å². The number of Topliss-reactive ketones (excluding diaryl/α,β-unsaturated/α-hetero) is 1. The lowest BCUT2D eigenvalue weighted by atomic mass is 10.3. The lowest BCUT2D eigenvalue weighted by molar-refractivity contribution is 0.0524. The minimum Gasteiger partial charge on any atom is -0.284 e. The summed E-state index contributed by atoms with van der Waals surface area (Å²) >= 11 is 4.55. The molecule has 1 aromatic heterocycles. The van der Waals surface area contributed by atoms with E-state index in [1.54, 1.807) is 6.92 Å². The Labute approximate surface area is 77.5 Å². The molecule has 0 amide bonds. The molecule has 0 aromatic carbocycles. The van der Waals surface area contributed by atoms with E-state index in [0.717, 1.165) is 10.9 Å². The molecule has 0 atom stereocenters. The van der Waals surface area contributed by atoms with Gasteiger partial charge in [-0.1, -0.05) is 5.21 Å². The minimum atomic E-state index is -3.89.